The molecule has 2 aliphatic heterocycles. The predicted octanol–water partition coefficient (Wildman–Crippen LogP) is 4.63. The molecule has 0 fully saturated rings. The molecule has 3 aromatic carbocycles. The number of hydrogen-bond donors (Lipinski definition) is 0. The van der Waals surface area contributed by atoms with Crippen LogP contribution in [0.15, 0.2) is 111 Å². The van der Waals surface area contributed by atoms with E-state index in [1.54, 1.807) is 24.3 Å². The highest BCUT2D eigenvalue weighted by molar-refractivity contribution is 8.14. The molecule has 0 N–H and O–H groups in total. The summed E-state index contributed by atoms with van der Waals surface area (Å²) in [5.41, 5.74) is 2.33. The van der Waals surface area contributed by atoms with Crippen molar-refractivity contribution in [2.45, 2.75) is 11.4 Å². The molecular weight excluding hydrogens is 456 g/mol. The number of nitrogens with zero attached hydrogens (tertiary/aromatic N) is 4. The number of rotatable bonds is 3. The van der Waals surface area contributed by atoms with Crippen LogP contribution in [0, 0.1) is 0 Å². The molecule has 0 spiro atoms. The van der Waals surface area contributed by atoms with E-state index in [1.807, 2.05) is 66.7 Å². The molecule has 8 heteroatoms. The topological polar surface area (TPSA) is 61.3 Å². The number of para-hydroxylation sites is 1. The maximum Gasteiger partial charge on any atom is 0.353 e. The molecule has 33 heavy (non-hydrogen) atoms. The summed E-state index contributed by atoms with van der Waals surface area (Å²) >= 11 is 7.57. The minimum absolute atomic E-state index is 0.391. The molecule has 2 aliphatic rings. The fourth-order valence-electron chi connectivity index (χ4n) is 4.24. The van der Waals surface area contributed by atoms with Gasteiger partial charge in [0.05, 0.1) is 11.4 Å². The number of allylic oxidation sites excluding steroid dienone is 1. The summed E-state index contributed by atoms with van der Waals surface area (Å²) in [4.78, 5) is 32.1. The lowest BCUT2D eigenvalue weighted by molar-refractivity contribution is 0.420. The van der Waals surface area contributed by atoms with Gasteiger partial charge in [-0.05, 0) is 35.9 Å². The maximum atomic E-state index is 13.6. The lowest BCUT2D eigenvalue weighted by Crippen LogP contribution is -2.35. The molecule has 6 nitrogen and oxygen atoms in total. The Morgan fingerprint density at radius 2 is 1.42 bits per heavy atom. The number of aliphatic imine (C=N–C) groups is 1. The molecule has 162 valence electrons. The number of thioether (sulfide) groups is 1. The van der Waals surface area contributed by atoms with Crippen LogP contribution in [0.1, 0.15) is 22.5 Å². The van der Waals surface area contributed by atoms with Crippen LogP contribution in [-0.4, -0.2) is 19.0 Å². The first-order valence-electron chi connectivity index (χ1n) is 10.4. The van der Waals surface area contributed by atoms with Gasteiger partial charge in [0.25, 0.3) is 0 Å². The number of halogens is 1. The van der Waals surface area contributed by atoms with Crippen molar-refractivity contribution in [1.82, 2.24) is 13.9 Å². The summed E-state index contributed by atoms with van der Waals surface area (Å²) in [7, 11) is 0. The second-order valence-electron chi connectivity index (χ2n) is 7.77. The van der Waals surface area contributed by atoms with E-state index in [1.165, 1.54) is 25.7 Å². The van der Waals surface area contributed by atoms with Gasteiger partial charge < -0.3 is 0 Å². The summed E-state index contributed by atoms with van der Waals surface area (Å²) in [5, 5.41) is 1.00. The zero-order chi connectivity index (χ0) is 22.5. The molecule has 2 atom stereocenters. The Hall–Kier alpha value is -3.55. The van der Waals surface area contributed by atoms with Crippen LogP contribution in [0.5, 0.6) is 0 Å². The molecule has 0 saturated carbocycles. The molecule has 0 saturated heterocycles. The minimum Gasteiger partial charge on any atom is -0.245 e. The van der Waals surface area contributed by atoms with Crippen LogP contribution in [-0.2, 0) is 0 Å². The average molecular weight is 473 g/mol. The van der Waals surface area contributed by atoms with Gasteiger partial charge in [0.2, 0.25) is 0 Å². The third kappa shape index (κ3) is 3.23. The van der Waals surface area contributed by atoms with Crippen molar-refractivity contribution in [3.05, 3.63) is 134 Å². The lowest BCUT2D eigenvalue weighted by Gasteiger charge is -2.26. The van der Waals surface area contributed by atoms with Crippen molar-refractivity contribution in [3.8, 4) is 5.69 Å². The largest absolute Gasteiger partial charge is 0.353 e. The fourth-order valence-corrected chi connectivity index (χ4v) is 5.55. The highest BCUT2D eigenvalue weighted by atomic mass is 35.5. The SMILES string of the molecule is O=c1n(-c2ccccc2)c(=O)n2n1[C@H]1SC(c3ccccc3)=NC1=C[C@H]2c1ccc(Cl)cc1. The van der Waals surface area contributed by atoms with Gasteiger partial charge in [-0.2, -0.15) is 0 Å². The number of fused-ring (bicyclic) bond motifs is 3. The van der Waals surface area contributed by atoms with Gasteiger partial charge in [0.1, 0.15) is 16.5 Å². The van der Waals surface area contributed by atoms with Gasteiger partial charge in [-0.15, -0.1) is 0 Å². The number of hydrogen-bond acceptors (Lipinski definition) is 4. The number of benzene rings is 3. The van der Waals surface area contributed by atoms with Crippen molar-refractivity contribution in [2.75, 3.05) is 0 Å². The summed E-state index contributed by atoms with van der Waals surface area (Å²) in [5.74, 6) is 0. The van der Waals surface area contributed by atoms with Crippen LogP contribution >= 0.6 is 23.4 Å². The van der Waals surface area contributed by atoms with Crippen LogP contribution in [0.3, 0.4) is 0 Å². The van der Waals surface area contributed by atoms with Crippen molar-refractivity contribution in [1.29, 1.82) is 0 Å². The first-order chi connectivity index (χ1) is 16.1. The maximum absolute atomic E-state index is 13.6. The van der Waals surface area contributed by atoms with Gasteiger partial charge in [-0.3, -0.25) is 0 Å². The van der Waals surface area contributed by atoms with Crippen molar-refractivity contribution >= 4 is 28.4 Å². The summed E-state index contributed by atoms with van der Waals surface area (Å²) < 4.78 is 4.29. The van der Waals surface area contributed by atoms with E-state index < -0.39 is 22.8 Å². The summed E-state index contributed by atoms with van der Waals surface area (Å²) in [6.45, 7) is 0. The van der Waals surface area contributed by atoms with Crippen molar-refractivity contribution < 1.29 is 0 Å². The predicted molar refractivity (Wildman–Crippen MR) is 132 cm³/mol. The van der Waals surface area contributed by atoms with E-state index in [4.69, 9.17) is 16.6 Å². The zero-order valence-electron chi connectivity index (χ0n) is 17.2. The Labute approximate surface area is 198 Å². The zero-order valence-corrected chi connectivity index (χ0v) is 18.8. The number of aromatic nitrogens is 3. The Bertz CT molecular complexity index is 1530. The van der Waals surface area contributed by atoms with Crippen molar-refractivity contribution in [2.24, 2.45) is 4.99 Å². The smallest absolute Gasteiger partial charge is 0.245 e. The monoisotopic (exact) mass is 472 g/mol. The van der Waals surface area contributed by atoms with Gasteiger partial charge in [-0.1, -0.05) is 84.0 Å². The average Bonchev–Trinajstić information content (AvgIpc) is 3.39. The van der Waals surface area contributed by atoms with E-state index >= 15 is 0 Å². The lowest BCUT2D eigenvalue weighted by atomic mass is 10.0. The third-order valence-corrected chi connectivity index (χ3v) is 7.24. The van der Waals surface area contributed by atoms with E-state index in [0.717, 1.165) is 21.9 Å². The van der Waals surface area contributed by atoms with E-state index in [9.17, 15) is 9.59 Å². The van der Waals surface area contributed by atoms with Gasteiger partial charge in [0, 0.05) is 10.6 Å². The molecule has 0 amide bonds. The molecule has 6 rings (SSSR count). The molecule has 4 aromatic rings. The second-order valence-corrected chi connectivity index (χ2v) is 9.27. The highest BCUT2D eigenvalue weighted by Crippen LogP contribution is 2.44. The summed E-state index contributed by atoms with van der Waals surface area (Å²) in [6, 6.07) is 25.7. The Balaban J connectivity index is 1.58. The fraction of sp³-hybridized carbons (Fsp3) is 0.0800. The van der Waals surface area contributed by atoms with Gasteiger partial charge >= 0.3 is 11.4 Å². The Kier molecular flexibility index (Phi) is 4.74. The molecule has 0 bridgehead atoms. The van der Waals surface area contributed by atoms with Crippen LogP contribution < -0.4 is 11.4 Å². The Morgan fingerprint density at radius 3 is 2.12 bits per heavy atom. The van der Waals surface area contributed by atoms with Crippen LogP contribution in [0.2, 0.25) is 5.02 Å². The van der Waals surface area contributed by atoms with Crippen LogP contribution in [0.4, 0.5) is 0 Å². The molecule has 0 unspecified atom stereocenters. The first-order valence-corrected chi connectivity index (χ1v) is 11.7. The summed E-state index contributed by atoms with van der Waals surface area (Å²) in [6.07, 6.45) is 1.97. The first kappa shape index (κ1) is 20.1. The second kappa shape index (κ2) is 7.79. The van der Waals surface area contributed by atoms with Crippen molar-refractivity contribution in [3.63, 3.8) is 0 Å². The van der Waals surface area contributed by atoms with E-state index in [2.05, 4.69) is 0 Å². The molecule has 0 aliphatic carbocycles. The molecule has 0 radical (unpaired) electrons. The molecular formula is C25H17ClN4O2S. The Morgan fingerprint density at radius 1 is 0.788 bits per heavy atom. The quantitative estimate of drug-likeness (QED) is 0.436. The molecule has 1 aromatic heterocycles. The van der Waals surface area contributed by atoms with Gasteiger partial charge in [0.15, 0.2) is 0 Å². The van der Waals surface area contributed by atoms with Crippen LogP contribution in [0.25, 0.3) is 5.69 Å². The van der Waals surface area contributed by atoms with E-state index in [0.29, 0.717) is 10.7 Å². The minimum atomic E-state index is -0.488. The molecule has 3 heterocycles. The third-order valence-electron chi connectivity index (χ3n) is 5.77. The van der Waals surface area contributed by atoms with E-state index in [-0.39, 0.29) is 0 Å². The standard InChI is InChI=1S/C25H17ClN4O2S/c26-18-13-11-16(12-14-18)21-15-20-23(33-22(27-20)17-7-3-1-4-8-17)30-25(32)28(24(31)29(21)30)19-9-5-2-6-10-19/h1-15,21,23H/t21-,23-/m0/s1. The highest BCUT2D eigenvalue weighted by Gasteiger charge is 2.38. The normalized spacial score (nSPS) is 18.9. The van der Waals surface area contributed by atoms with Gasteiger partial charge in [-0.25, -0.2) is 28.5 Å².